The molecule has 0 radical (unpaired) electrons. The molecular formula is C18H25Cl2N3O2S. The fraction of sp³-hybridized carbons (Fsp3) is 0.500. The van der Waals surface area contributed by atoms with Gasteiger partial charge in [0.1, 0.15) is 4.90 Å². The normalized spacial score (nSPS) is 12.7. The Bertz CT molecular complexity index is 809. The molecule has 0 aliphatic heterocycles. The van der Waals surface area contributed by atoms with Crippen LogP contribution < -0.4 is 0 Å². The third-order valence-electron chi connectivity index (χ3n) is 3.91. The SMILES string of the molecule is CC(C)(C)c1nn(Cc2ccccc2)cc1S(=O)(=O)N(CCCl)CCCl. The summed E-state index contributed by atoms with van der Waals surface area (Å²) >= 11 is 11.6. The van der Waals surface area contributed by atoms with Crippen LogP contribution >= 0.6 is 23.2 Å². The zero-order chi connectivity index (χ0) is 19.4. The van der Waals surface area contributed by atoms with E-state index in [0.717, 1.165) is 5.56 Å². The molecule has 8 heteroatoms. The van der Waals surface area contributed by atoms with Gasteiger partial charge in [-0.25, -0.2) is 8.42 Å². The van der Waals surface area contributed by atoms with Crippen LogP contribution in [0.5, 0.6) is 0 Å². The maximum absolute atomic E-state index is 13.2. The highest BCUT2D eigenvalue weighted by molar-refractivity contribution is 7.89. The van der Waals surface area contributed by atoms with E-state index in [1.54, 1.807) is 10.9 Å². The van der Waals surface area contributed by atoms with Crippen molar-refractivity contribution in [1.82, 2.24) is 14.1 Å². The van der Waals surface area contributed by atoms with Gasteiger partial charge in [0.2, 0.25) is 10.0 Å². The minimum atomic E-state index is -3.73. The van der Waals surface area contributed by atoms with Gasteiger partial charge in [0.25, 0.3) is 0 Å². The van der Waals surface area contributed by atoms with E-state index in [9.17, 15) is 8.42 Å². The third-order valence-corrected chi connectivity index (χ3v) is 6.15. The summed E-state index contributed by atoms with van der Waals surface area (Å²) in [5, 5.41) is 4.59. The van der Waals surface area contributed by atoms with Gasteiger partial charge in [-0.15, -0.1) is 23.2 Å². The number of hydrogen-bond acceptors (Lipinski definition) is 3. The molecule has 0 saturated heterocycles. The van der Waals surface area contributed by atoms with Crippen molar-refractivity contribution in [3.8, 4) is 0 Å². The summed E-state index contributed by atoms with van der Waals surface area (Å²) in [6, 6.07) is 9.81. The molecule has 26 heavy (non-hydrogen) atoms. The van der Waals surface area contributed by atoms with Crippen molar-refractivity contribution >= 4 is 33.2 Å². The monoisotopic (exact) mass is 417 g/mol. The number of alkyl halides is 2. The Morgan fingerprint density at radius 3 is 2.15 bits per heavy atom. The van der Waals surface area contributed by atoms with Crippen molar-refractivity contribution in [3.05, 3.63) is 47.8 Å². The van der Waals surface area contributed by atoms with E-state index in [1.807, 2.05) is 51.1 Å². The third kappa shape index (κ3) is 5.00. The maximum Gasteiger partial charge on any atom is 0.246 e. The van der Waals surface area contributed by atoms with Crippen LogP contribution in [0.15, 0.2) is 41.4 Å². The molecule has 0 aliphatic carbocycles. The molecule has 2 aromatic rings. The van der Waals surface area contributed by atoms with Crippen LogP contribution in [0.4, 0.5) is 0 Å². The van der Waals surface area contributed by atoms with Gasteiger partial charge in [0.05, 0.1) is 12.2 Å². The van der Waals surface area contributed by atoms with Crippen molar-refractivity contribution < 1.29 is 8.42 Å². The van der Waals surface area contributed by atoms with Crippen LogP contribution in [0.25, 0.3) is 0 Å². The van der Waals surface area contributed by atoms with Crippen LogP contribution in [-0.4, -0.2) is 47.4 Å². The van der Waals surface area contributed by atoms with Crippen molar-refractivity contribution in [3.63, 3.8) is 0 Å². The van der Waals surface area contributed by atoms with Crippen LogP contribution in [0.3, 0.4) is 0 Å². The van der Waals surface area contributed by atoms with E-state index < -0.39 is 15.4 Å². The lowest BCUT2D eigenvalue weighted by atomic mass is 9.92. The fourth-order valence-electron chi connectivity index (χ4n) is 2.64. The topological polar surface area (TPSA) is 55.2 Å². The first-order valence-electron chi connectivity index (χ1n) is 8.44. The predicted molar refractivity (Wildman–Crippen MR) is 107 cm³/mol. The summed E-state index contributed by atoms with van der Waals surface area (Å²) in [6.07, 6.45) is 1.61. The van der Waals surface area contributed by atoms with Gasteiger partial charge < -0.3 is 0 Å². The van der Waals surface area contributed by atoms with Gasteiger partial charge in [-0.3, -0.25) is 4.68 Å². The average molecular weight is 418 g/mol. The largest absolute Gasteiger partial charge is 0.267 e. The summed E-state index contributed by atoms with van der Waals surface area (Å²) in [5.41, 5.74) is 1.18. The highest BCUT2D eigenvalue weighted by atomic mass is 35.5. The van der Waals surface area contributed by atoms with Gasteiger partial charge in [-0.05, 0) is 5.56 Å². The number of nitrogens with zero attached hydrogens (tertiary/aromatic N) is 3. The van der Waals surface area contributed by atoms with Gasteiger partial charge in [0.15, 0.2) is 0 Å². The summed E-state index contributed by atoms with van der Waals surface area (Å²) in [5.74, 6) is 0.415. The molecule has 0 atom stereocenters. The predicted octanol–water partition coefficient (Wildman–Crippen LogP) is 3.70. The molecular weight excluding hydrogens is 393 g/mol. The smallest absolute Gasteiger partial charge is 0.246 e. The lowest BCUT2D eigenvalue weighted by Gasteiger charge is -2.23. The van der Waals surface area contributed by atoms with Crippen molar-refractivity contribution in [2.45, 2.75) is 37.6 Å². The molecule has 0 amide bonds. The summed E-state index contributed by atoms with van der Waals surface area (Å²) in [4.78, 5) is 0.219. The van der Waals surface area contributed by atoms with Gasteiger partial charge in [-0.2, -0.15) is 9.40 Å². The van der Waals surface area contributed by atoms with E-state index in [0.29, 0.717) is 12.2 Å². The molecule has 1 aromatic heterocycles. The molecule has 1 aromatic carbocycles. The van der Waals surface area contributed by atoms with E-state index in [1.165, 1.54) is 4.31 Å². The quantitative estimate of drug-likeness (QED) is 0.615. The van der Waals surface area contributed by atoms with E-state index >= 15 is 0 Å². The highest BCUT2D eigenvalue weighted by Gasteiger charge is 2.33. The van der Waals surface area contributed by atoms with Crippen LogP contribution in [0.1, 0.15) is 32.0 Å². The van der Waals surface area contributed by atoms with Crippen molar-refractivity contribution in [2.75, 3.05) is 24.8 Å². The zero-order valence-corrected chi connectivity index (χ0v) is 17.7. The second-order valence-corrected chi connectivity index (χ2v) is 9.72. The minimum absolute atomic E-state index is 0.207. The van der Waals surface area contributed by atoms with Crippen LogP contribution in [0.2, 0.25) is 0 Å². The van der Waals surface area contributed by atoms with Crippen molar-refractivity contribution in [1.29, 1.82) is 0 Å². The Hall–Kier alpha value is -1.08. The zero-order valence-electron chi connectivity index (χ0n) is 15.3. The summed E-state index contributed by atoms with van der Waals surface area (Å²) < 4.78 is 29.4. The number of halogens is 2. The number of sulfonamides is 1. The maximum atomic E-state index is 13.2. The molecule has 0 saturated carbocycles. The van der Waals surface area contributed by atoms with Crippen LogP contribution in [-0.2, 0) is 22.0 Å². The Balaban J connectivity index is 2.48. The lowest BCUT2D eigenvalue weighted by molar-refractivity contribution is 0.444. The molecule has 0 N–H and O–H groups in total. The minimum Gasteiger partial charge on any atom is -0.267 e. The molecule has 5 nitrogen and oxygen atoms in total. The first-order valence-corrected chi connectivity index (χ1v) is 10.9. The first kappa shape index (κ1) is 21.2. The molecule has 1 heterocycles. The molecule has 144 valence electrons. The van der Waals surface area contributed by atoms with E-state index in [2.05, 4.69) is 5.10 Å². The molecule has 2 rings (SSSR count). The van der Waals surface area contributed by atoms with Crippen LogP contribution in [0, 0.1) is 0 Å². The molecule has 0 aliphatic rings. The van der Waals surface area contributed by atoms with Crippen molar-refractivity contribution in [2.24, 2.45) is 0 Å². The Morgan fingerprint density at radius 1 is 1.08 bits per heavy atom. The second-order valence-electron chi connectivity index (χ2n) is 7.06. The standard InChI is InChI=1S/C18H25Cl2N3O2S/c1-18(2,3)17-16(26(24,25)23(11-9-19)12-10-20)14-22(21-17)13-15-7-5-4-6-8-15/h4-8,14H,9-13H2,1-3H3. The second kappa shape index (κ2) is 8.74. The number of rotatable bonds is 8. The fourth-order valence-corrected chi connectivity index (χ4v) is 5.04. The lowest BCUT2D eigenvalue weighted by Crippen LogP contribution is -2.35. The number of benzene rings is 1. The van der Waals surface area contributed by atoms with Gasteiger partial charge in [0, 0.05) is 36.5 Å². The van der Waals surface area contributed by atoms with E-state index in [-0.39, 0.29) is 29.7 Å². The van der Waals surface area contributed by atoms with Gasteiger partial charge >= 0.3 is 0 Å². The Labute approximate surface area is 166 Å². The molecule has 0 spiro atoms. The molecule has 0 bridgehead atoms. The highest BCUT2D eigenvalue weighted by Crippen LogP contribution is 2.30. The van der Waals surface area contributed by atoms with Gasteiger partial charge in [-0.1, -0.05) is 51.1 Å². The summed E-state index contributed by atoms with van der Waals surface area (Å²) in [7, 11) is -3.73. The molecule has 0 fully saturated rings. The Morgan fingerprint density at radius 2 is 1.65 bits per heavy atom. The molecule has 0 unspecified atom stereocenters. The average Bonchev–Trinajstić information content (AvgIpc) is 3.00. The summed E-state index contributed by atoms with van der Waals surface area (Å²) in [6.45, 7) is 6.79. The number of aromatic nitrogens is 2. The first-order chi connectivity index (χ1) is 12.2. The van der Waals surface area contributed by atoms with E-state index in [4.69, 9.17) is 23.2 Å². The Kier molecular flexibility index (Phi) is 7.13. The number of hydrogen-bond donors (Lipinski definition) is 0.